The largest absolute Gasteiger partial charge is 0.454 e. The van der Waals surface area contributed by atoms with Crippen LogP contribution in [-0.2, 0) is 4.79 Å². The summed E-state index contributed by atoms with van der Waals surface area (Å²) >= 11 is 0. The summed E-state index contributed by atoms with van der Waals surface area (Å²) in [5.41, 5.74) is 5.42. The van der Waals surface area contributed by atoms with E-state index in [2.05, 4.69) is 5.32 Å². The van der Waals surface area contributed by atoms with E-state index in [4.69, 9.17) is 15.2 Å². The summed E-state index contributed by atoms with van der Waals surface area (Å²) in [6.45, 7) is 7.55. The van der Waals surface area contributed by atoms with Gasteiger partial charge in [0.25, 0.3) is 0 Å². The summed E-state index contributed by atoms with van der Waals surface area (Å²) < 4.78 is 10.5. The van der Waals surface area contributed by atoms with Crippen molar-refractivity contribution in [1.29, 1.82) is 0 Å². The molecule has 0 saturated carbocycles. The summed E-state index contributed by atoms with van der Waals surface area (Å²) in [5.74, 6) is 1.21. The molecule has 0 fully saturated rings. The number of hydrogen-bond acceptors (Lipinski definition) is 4. The number of ether oxygens (including phenoxy) is 2. The number of rotatable bonds is 3. The third kappa shape index (κ3) is 2.51. The number of fused-ring (bicyclic) bond motifs is 1. The second kappa shape index (κ2) is 4.42. The fourth-order valence-electron chi connectivity index (χ4n) is 1.55. The fourth-order valence-corrected chi connectivity index (χ4v) is 1.55. The minimum absolute atomic E-state index is 0.126. The minimum Gasteiger partial charge on any atom is -0.454 e. The van der Waals surface area contributed by atoms with E-state index in [-0.39, 0.29) is 12.7 Å². The highest BCUT2D eigenvalue weighted by molar-refractivity contribution is 5.96. The number of carbonyl (C=O) groups excluding carboxylic acids is 1. The molecule has 5 nitrogen and oxygen atoms in total. The number of benzene rings is 1. The molecular formula is C14H20N2O3. The molecule has 1 heterocycles. The summed E-state index contributed by atoms with van der Waals surface area (Å²) in [7, 11) is 0. The van der Waals surface area contributed by atoms with Crippen LogP contribution >= 0.6 is 0 Å². The summed E-state index contributed by atoms with van der Waals surface area (Å²) in [4.78, 5) is 12.3. The zero-order valence-electron chi connectivity index (χ0n) is 11.7. The Morgan fingerprint density at radius 2 is 1.84 bits per heavy atom. The monoisotopic (exact) mass is 264 g/mol. The van der Waals surface area contributed by atoms with Gasteiger partial charge >= 0.3 is 0 Å². The van der Waals surface area contributed by atoms with E-state index in [1.54, 1.807) is 18.2 Å². The molecule has 1 aromatic carbocycles. The molecule has 1 aromatic rings. The standard InChI is InChI=1S/C14H20N2O3/c1-13(2,14(3,4)15)12(17)16-9-5-6-10-11(7-9)19-8-18-10/h5-7H,8,15H2,1-4H3,(H,16,17). The van der Waals surface area contributed by atoms with Gasteiger partial charge < -0.3 is 20.5 Å². The summed E-state index contributed by atoms with van der Waals surface area (Å²) in [5, 5.41) is 2.86. The van der Waals surface area contributed by atoms with Gasteiger partial charge in [-0.3, -0.25) is 4.79 Å². The molecular weight excluding hydrogens is 244 g/mol. The van der Waals surface area contributed by atoms with Gasteiger partial charge in [-0.2, -0.15) is 0 Å². The Morgan fingerprint density at radius 3 is 2.47 bits per heavy atom. The molecule has 0 aromatic heterocycles. The van der Waals surface area contributed by atoms with Crippen LogP contribution in [0.5, 0.6) is 11.5 Å². The average molecular weight is 264 g/mol. The van der Waals surface area contributed by atoms with Crippen LogP contribution in [-0.4, -0.2) is 18.2 Å². The Morgan fingerprint density at radius 1 is 1.21 bits per heavy atom. The Balaban J connectivity index is 2.16. The topological polar surface area (TPSA) is 73.6 Å². The SMILES string of the molecule is CC(C)(N)C(C)(C)C(=O)Nc1ccc2c(c1)OCO2. The van der Waals surface area contributed by atoms with Gasteiger partial charge in [0.2, 0.25) is 12.7 Å². The van der Waals surface area contributed by atoms with E-state index in [9.17, 15) is 4.79 Å². The maximum atomic E-state index is 12.3. The van der Waals surface area contributed by atoms with E-state index in [1.807, 2.05) is 27.7 Å². The van der Waals surface area contributed by atoms with Crippen molar-refractivity contribution in [3.63, 3.8) is 0 Å². The van der Waals surface area contributed by atoms with Crippen molar-refractivity contribution in [2.75, 3.05) is 12.1 Å². The van der Waals surface area contributed by atoms with Gasteiger partial charge in [-0.15, -0.1) is 0 Å². The van der Waals surface area contributed by atoms with Crippen molar-refractivity contribution in [3.05, 3.63) is 18.2 Å². The summed E-state index contributed by atoms with van der Waals surface area (Å²) in [6.07, 6.45) is 0. The first-order valence-electron chi connectivity index (χ1n) is 6.22. The van der Waals surface area contributed by atoms with Crippen LogP contribution in [0.3, 0.4) is 0 Å². The molecule has 5 heteroatoms. The number of nitrogens with one attached hydrogen (secondary N) is 1. The van der Waals surface area contributed by atoms with E-state index < -0.39 is 11.0 Å². The molecule has 0 saturated heterocycles. The maximum absolute atomic E-state index is 12.3. The van der Waals surface area contributed by atoms with Crippen molar-refractivity contribution in [3.8, 4) is 11.5 Å². The Bertz CT molecular complexity index is 504. The second-order valence-electron chi connectivity index (χ2n) is 5.87. The lowest BCUT2D eigenvalue weighted by Gasteiger charge is -2.36. The smallest absolute Gasteiger partial charge is 0.231 e. The number of nitrogens with two attached hydrogens (primary N) is 1. The van der Waals surface area contributed by atoms with Gasteiger partial charge in [0.1, 0.15) is 0 Å². The second-order valence-corrected chi connectivity index (χ2v) is 5.87. The molecule has 104 valence electrons. The molecule has 0 aliphatic carbocycles. The Labute approximate surface area is 113 Å². The molecule has 0 spiro atoms. The van der Waals surface area contributed by atoms with Gasteiger partial charge in [-0.25, -0.2) is 0 Å². The minimum atomic E-state index is -0.691. The molecule has 1 amide bonds. The number of hydrogen-bond donors (Lipinski definition) is 2. The van der Waals surface area contributed by atoms with Crippen LogP contribution in [0.4, 0.5) is 5.69 Å². The first-order valence-corrected chi connectivity index (χ1v) is 6.22. The average Bonchev–Trinajstić information content (AvgIpc) is 2.74. The van der Waals surface area contributed by atoms with E-state index in [1.165, 1.54) is 0 Å². The molecule has 0 bridgehead atoms. The van der Waals surface area contributed by atoms with Gasteiger partial charge in [-0.1, -0.05) is 0 Å². The van der Waals surface area contributed by atoms with E-state index in [0.29, 0.717) is 17.2 Å². The van der Waals surface area contributed by atoms with Crippen LogP contribution in [0.15, 0.2) is 18.2 Å². The van der Waals surface area contributed by atoms with Gasteiger partial charge in [0.15, 0.2) is 11.5 Å². The molecule has 0 radical (unpaired) electrons. The van der Waals surface area contributed by atoms with E-state index in [0.717, 1.165) is 0 Å². The number of carbonyl (C=O) groups is 1. The van der Waals surface area contributed by atoms with Gasteiger partial charge in [0.05, 0.1) is 5.41 Å². The quantitative estimate of drug-likeness (QED) is 0.877. The van der Waals surface area contributed by atoms with Crippen molar-refractivity contribution in [1.82, 2.24) is 0 Å². The molecule has 0 unspecified atom stereocenters. The van der Waals surface area contributed by atoms with Crippen LogP contribution in [0.25, 0.3) is 0 Å². The first kappa shape index (κ1) is 13.7. The predicted octanol–water partition coefficient (Wildman–Crippen LogP) is 2.12. The van der Waals surface area contributed by atoms with E-state index >= 15 is 0 Å². The van der Waals surface area contributed by atoms with Crippen molar-refractivity contribution >= 4 is 11.6 Å². The number of anilines is 1. The molecule has 3 N–H and O–H groups in total. The third-order valence-electron chi connectivity index (χ3n) is 3.81. The van der Waals surface area contributed by atoms with Crippen molar-refractivity contribution in [2.24, 2.45) is 11.1 Å². The van der Waals surface area contributed by atoms with Gasteiger partial charge in [-0.05, 0) is 39.8 Å². The zero-order valence-corrected chi connectivity index (χ0v) is 11.7. The number of amides is 1. The molecule has 0 atom stereocenters. The van der Waals surface area contributed by atoms with Crippen LogP contribution in [0.2, 0.25) is 0 Å². The highest BCUT2D eigenvalue weighted by Gasteiger charge is 2.40. The van der Waals surface area contributed by atoms with Gasteiger partial charge in [0, 0.05) is 17.3 Å². The lowest BCUT2D eigenvalue weighted by molar-refractivity contribution is -0.126. The predicted molar refractivity (Wildman–Crippen MR) is 73.2 cm³/mol. The maximum Gasteiger partial charge on any atom is 0.231 e. The van der Waals surface area contributed by atoms with Crippen molar-refractivity contribution < 1.29 is 14.3 Å². The molecule has 19 heavy (non-hydrogen) atoms. The normalized spacial score (nSPS) is 14.4. The van der Waals surface area contributed by atoms with Crippen molar-refractivity contribution in [2.45, 2.75) is 33.2 Å². The molecule has 1 aliphatic rings. The van der Waals surface area contributed by atoms with Crippen LogP contribution in [0, 0.1) is 5.41 Å². The zero-order chi connectivity index (χ0) is 14.3. The lowest BCUT2D eigenvalue weighted by Crippen LogP contribution is -2.53. The van der Waals surface area contributed by atoms with Crippen LogP contribution < -0.4 is 20.5 Å². The highest BCUT2D eigenvalue weighted by atomic mass is 16.7. The summed E-state index contributed by atoms with van der Waals surface area (Å²) in [6, 6.07) is 5.31. The fraction of sp³-hybridized carbons (Fsp3) is 0.500. The Kier molecular flexibility index (Phi) is 3.18. The molecule has 1 aliphatic heterocycles. The third-order valence-corrected chi connectivity index (χ3v) is 3.81. The van der Waals surface area contributed by atoms with Crippen LogP contribution in [0.1, 0.15) is 27.7 Å². The molecule has 2 rings (SSSR count). The first-order chi connectivity index (χ1) is 8.72. The Hall–Kier alpha value is -1.75. The lowest BCUT2D eigenvalue weighted by atomic mass is 9.74. The highest BCUT2D eigenvalue weighted by Crippen LogP contribution is 2.35.